The molecule has 0 unspecified atom stereocenters. The maximum absolute atomic E-state index is 12.8. The molecule has 22 heavy (non-hydrogen) atoms. The van der Waals surface area contributed by atoms with E-state index in [1.165, 1.54) is 24.3 Å². The minimum absolute atomic E-state index is 0.336. The van der Waals surface area contributed by atoms with Crippen LogP contribution in [0.25, 0.3) is 11.0 Å². The van der Waals surface area contributed by atoms with Crippen LogP contribution in [0.15, 0.2) is 64.1 Å². The van der Waals surface area contributed by atoms with Crippen LogP contribution < -0.4 is 5.43 Å². The third kappa shape index (κ3) is 2.88. The first-order valence-corrected chi connectivity index (χ1v) is 6.72. The highest BCUT2D eigenvalue weighted by molar-refractivity contribution is 6.01. The Bertz CT molecular complexity index is 817. The van der Waals surface area contributed by atoms with Gasteiger partial charge in [0.05, 0.1) is 0 Å². The minimum Gasteiger partial charge on any atom is -0.455 e. The Morgan fingerprint density at radius 1 is 1.14 bits per heavy atom. The van der Waals surface area contributed by atoms with Crippen LogP contribution in [-0.4, -0.2) is 11.6 Å². The van der Waals surface area contributed by atoms with Gasteiger partial charge >= 0.3 is 0 Å². The van der Waals surface area contributed by atoms with Crippen LogP contribution in [0.1, 0.15) is 23.0 Å². The second-order valence-corrected chi connectivity index (χ2v) is 4.79. The number of nitrogens with zero attached hydrogens (tertiary/aromatic N) is 1. The number of para-hydroxylation sites is 1. The molecular weight excluding hydrogens is 283 g/mol. The fourth-order valence-electron chi connectivity index (χ4n) is 2.02. The number of halogens is 1. The van der Waals surface area contributed by atoms with Gasteiger partial charge in [0.2, 0.25) is 0 Å². The topological polar surface area (TPSA) is 54.6 Å². The molecule has 0 spiro atoms. The molecule has 1 amide bonds. The van der Waals surface area contributed by atoms with Crippen molar-refractivity contribution in [3.05, 3.63) is 71.7 Å². The number of benzene rings is 2. The molecule has 110 valence electrons. The molecule has 3 rings (SSSR count). The Morgan fingerprint density at radius 3 is 2.59 bits per heavy atom. The molecule has 0 aliphatic carbocycles. The predicted molar refractivity (Wildman–Crippen MR) is 82.3 cm³/mol. The molecule has 0 aliphatic heterocycles. The summed E-state index contributed by atoms with van der Waals surface area (Å²) in [6.45, 7) is 1.74. The second-order valence-electron chi connectivity index (χ2n) is 4.79. The number of furan rings is 1. The molecule has 0 saturated heterocycles. The molecule has 3 aromatic rings. The average Bonchev–Trinajstić information content (AvgIpc) is 2.97. The van der Waals surface area contributed by atoms with Crippen molar-refractivity contribution in [3.63, 3.8) is 0 Å². The Balaban J connectivity index is 1.76. The number of hydrogen-bond donors (Lipinski definition) is 1. The first-order chi connectivity index (χ1) is 10.6. The van der Waals surface area contributed by atoms with E-state index in [2.05, 4.69) is 10.5 Å². The van der Waals surface area contributed by atoms with E-state index in [9.17, 15) is 9.18 Å². The fourth-order valence-corrected chi connectivity index (χ4v) is 2.02. The number of nitrogens with one attached hydrogen (secondary N) is 1. The van der Waals surface area contributed by atoms with Gasteiger partial charge < -0.3 is 4.42 Å². The van der Waals surface area contributed by atoms with Gasteiger partial charge in [-0.05, 0) is 43.3 Å². The molecule has 0 saturated carbocycles. The normalized spacial score (nSPS) is 11.6. The number of carbonyl (C=O) groups is 1. The highest BCUT2D eigenvalue weighted by Gasteiger charge is 2.08. The largest absolute Gasteiger partial charge is 0.455 e. The van der Waals surface area contributed by atoms with Crippen molar-refractivity contribution >= 4 is 22.6 Å². The van der Waals surface area contributed by atoms with Gasteiger partial charge in [-0.15, -0.1) is 0 Å². The Morgan fingerprint density at radius 2 is 1.86 bits per heavy atom. The van der Waals surface area contributed by atoms with Crippen LogP contribution in [-0.2, 0) is 0 Å². The maximum atomic E-state index is 12.8. The van der Waals surface area contributed by atoms with Gasteiger partial charge in [-0.1, -0.05) is 18.2 Å². The lowest BCUT2D eigenvalue weighted by Gasteiger charge is -2.01. The van der Waals surface area contributed by atoms with Crippen LogP contribution in [0.3, 0.4) is 0 Å². The van der Waals surface area contributed by atoms with Crippen LogP contribution >= 0.6 is 0 Å². The number of hydrogen-bond acceptors (Lipinski definition) is 3. The molecule has 2 aromatic carbocycles. The van der Waals surface area contributed by atoms with Crippen molar-refractivity contribution in [1.29, 1.82) is 0 Å². The number of amides is 1. The molecular formula is C17H13FN2O2. The van der Waals surface area contributed by atoms with E-state index >= 15 is 0 Å². The summed E-state index contributed by atoms with van der Waals surface area (Å²) in [7, 11) is 0. The van der Waals surface area contributed by atoms with Gasteiger partial charge in [-0.2, -0.15) is 5.10 Å². The van der Waals surface area contributed by atoms with Crippen molar-refractivity contribution in [3.8, 4) is 0 Å². The molecule has 0 bridgehead atoms. The Kier molecular flexibility index (Phi) is 3.70. The summed E-state index contributed by atoms with van der Waals surface area (Å²) >= 11 is 0. The molecule has 0 aliphatic rings. The van der Waals surface area contributed by atoms with E-state index in [-0.39, 0.29) is 0 Å². The van der Waals surface area contributed by atoms with Crippen LogP contribution in [0.5, 0.6) is 0 Å². The number of fused-ring (bicyclic) bond motifs is 1. The third-order valence-electron chi connectivity index (χ3n) is 3.21. The molecule has 0 atom stereocenters. The van der Waals surface area contributed by atoms with E-state index in [4.69, 9.17) is 4.42 Å². The summed E-state index contributed by atoms with van der Waals surface area (Å²) in [6.07, 6.45) is 0. The Hall–Kier alpha value is -2.95. The third-order valence-corrected chi connectivity index (χ3v) is 3.21. The summed E-state index contributed by atoms with van der Waals surface area (Å²) in [4.78, 5) is 11.9. The fraction of sp³-hybridized carbons (Fsp3) is 0.0588. The zero-order valence-corrected chi connectivity index (χ0v) is 11.8. The summed E-state index contributed by atoms with van der Waals surface area (Å²) in [5, 5.41) is 4.99. The second kappa shape index (κ2) is 5.81. The van der Waals surface area contributed by atoms with Crippen molar-refractivity contribution in [2.45, 2.75) is 6.92 Å². The number of carbonyl (C=O) groups excluding carboxylic acids is 1. The van der Waals surface area contributed by atoms with Gasteiger partial charge in [-0.3, -0.25) is 4.79 Å². The SMILES string of the molecule is C/C(=N\NC(=O)c1ccc(F)cc1)c1cc2ccccc2o1. The van der Waals surface area contributed by atoms with Gasteiger partial charge in [0.25, 0.3) is 5.91 Å². The van der Waals surface area contributed by atoms with E-state index in [1.54, 1.807) is 6.92 Å². The number of hydrazone groups is 1. The lowest BCUT2D eigenvalue weighted by atomic mass is 10.2. The molecule has 1 aromatic heterocycles. The van der Waals surface area contributed by atoms with Crippen molar-refractivity contribution < 1.29 is 13.6 Å². The zero-order chi connectivity index (χ0) is 15.5. The zero-order valence-electron chi connectivity index (χ0n) is 11.8. The summed E-state index contributed by atoms with van der Waals surface area (Å²) in [5.41, 5.74) is 4.07. The van der Waals surface area contributed by atoms with Crippen molar-refractivity contribution in [2.75, 3.05) is 0 Å². The highest BCUT2D eigenvalue weighted by atomic mass is 19.1. The molecule has 0 radical (unpaired) electrons. The summed E-state index contributed by atoms with van der Waals surface area (Å²) in [6, 6.07) is 14.7. The molecule has 0 fully saturated rings. The van der Waals surface area contributed by atoms with Gasteiger partial charge in [-0.25, -0.2) is 9.82 Å². The van der Waals surface area contributed by atoms with Crippen LogP contribution in [0.4, 0.5) is 4.39 Å². The molecule has 5 heteroatoms. The highest BCUT2D eigenvalue weighted by Crippen LogP contribution is 2.19. The maximum Gasteiger partial charge on any atom is 0.271 e. The number of rotatable bonds is 3. The van der Waals surface area contributed by atoms with Crippen molar-refractivity contribution in [2.24, 2.45) is 5.10 Å². The summed E-state index contributed by atoms with van der Waals surface area (Å²) < 4.78 is 18.5. The van der Waals surface area contributed by atoms with Gasteiger partial charge in [0.15, 0.2) is 5.76 Å². The first-order valence-electron chi connectivity index (χ1n) is 6.72. The Labute approximate surface area is 126 Å². The quantitative estimate of drug-likeness (QED) is 0.591. The van der Waals surface area contributed by atoms with Gasteiger partial charge in [0.1, 0.15) is 17.1 Å². The van der Waals surface area contributed by atoms with E-state index in [0.717, 1.165) is 11.0 Å². The van der Waals surface area contributed by atoms with E-state index in [0.29, 0.717) is 17.0 Å². The smallest absolute Gasteiger partial charge is 0.271 e. The minimum atomic E-state index is -0.407. The lowest BCUT2D eigenvalue weighted by Crippen LogP contribution is -2.19. The molecule has 1 N–H and O–H groups in total. The van der Waals surface area contributed by atoms with Gasteiger partial charge in [0, 0.05) is 10.9 Å². The van der Waals surface area contributed by atoms with Crippen molar-refractivity contribution in [1.82, 2.24) is 5.43 Å². The monoisotopic (exact) mass is 296 g/mol. The first kappa shape index (κ1) is 14.0. The van der Waals surface area contributed by atoms with E-state index < -0.39 is 11.7 Å². The standard InChI is InChI=1S/C17H13FN2O2/c1-11(16-10-13-4-2-3-5-15(13)22-16)19-20-17(21)12-6-8-14(18)9-7-12/h2-10H,1H3,(H,20,21)/b19-11+. The van der Waals surface area contributed by atoms with E-state index in [1.807, 2.05) is 30.3 Å². The lowest BCUT2D eigenvalue weighted by molar-refractivity contribution is 0.0955. The average molecular weight is 296 g/mol. The molecule has 1 heterocycles. The summed E-state index contributed by atoms with van der Waals surface area (Å²) in [5.74, 6) is -0.213. The predicted octanol–water partition coefficient (Wildman–Crippen LogP) is 3.73. The van der Waals surface area contributed by atoms with Crippen LogP contribution in [0.2, 0.25) is 0 Å². The molecule has 4 nitrogen and oxygen atoms in total. The van der Waals surface area contributed by atoms with Crippen LogP contribution in [0, 0.1) is 5.82 Å².